The average molecular weight is 312 g/mol. The van der Waals surface area contributed by atoms with Crippen LogP contribution >= 0.6 is 23.2 Å². The van der Waals surface area contributed by atoms with Gasteiger partial charge in [-0.15, -0.1) is 0 Å². The summed E-state index contributed by atoms with van der Waals surface area (Å²) in [6.07, 6.45) is 0. The van der Waals surface area contributed by atoms with Crippen LogP contribution in [0.5, 0.6) is 0 Å². The molecule has 0 aliphatic carbocycles. The number of halogens is 2. The van der Waals surface area contributed by atoms with Crippen LogP contribution in [0.15, 0.2) is 17.0 Å². The van der Waals surface area contributed by atoms with Crippen molar-refractivity contribution >= 4 is 39.2 Å². The summed E-state index contributed by atoms with van der Waals surface area (Å²) in [5.74, 6) is -1.31. The van der Waals surface area contributed by atoms with E-state index in [-0.39, 0.29) is 27.0 Å². The van der Waals surface area contributed by atoms with Gasteiger partial charge >= 0.3 is 5.97 Å². The summed E-state index contributed by atoms with van der Waals surface area (Å²) < 4.78 is 25.2. The number of aromatic carboxylic acids is 1. The minimum absolute atomic E-state index is 0.106. The molecule has 5 nitrogen and oxygen atoms in total. The fourth-order valence-corrected chi connectivity index (χ4v) is 3.23. The third kappa shape index (κ3) is 2.77. The van der Waals surface area contributed by atoms with Gasteiger partial charge in [0.15, 0.2) is 0 Å². The van der Waals surface area contributed by atoms with Crippen LogP contribution in [0.3, 0.4) is 0 Å². The lowest BCUT2D eigenvalue weighted by Gasteiger charge is -2.16. The summed E-state index contributed by atoms with van der Waals surface area (Å²) >= 11 is 11.5. The average Bonchev–Trinajstić information content (AvgIpc) is 2.26. The molecule has 18 heavy (non-hydrogen) atoms. The van der Waals surface area contributed by atoms with Gasteiger partial charge in [0.1, 0.15) is 4.90 Å². The van der Waals surface area contributed by atoms with Crippen LogP contribution in [0.2, 0.25) is 10.0 Å². The van der Waals surface area contributed by atoms with Gasteiger partial charge in [-0.1, -0.05) is 30.1 Å². The summed E-state index contributed by atoms with van der Waals surface area (Å²) in [6, 6.07) is 2.08. The molecule has 0 saturated heterocycles. The van der Waals surface area contributed by atoms with E-state index in [0.717, 1.165) is 16.4 Å². The Morgan fingerprint density at radius 2 is 1.89 bits per heavy atom. The number of sulfonamides is 1. The van der Waals surface area contributed by atoms with E-state index < -0.39 is 16.0 Å². The number of hydrogen-bond acceptors (Lipinski definition) is 3. The summed E-state index contributed by atoms with van der Waals surface area (Å²) in [4.78, 5) is 10.6. The van der Waals surface area contributed by atoms with Crippen LogP contribution in [0.1, 0.15) is 17.3 Å². The quantitative estimate of drug-likeness (QED) is 0.926. The molecule has 0 radical (unpaired) electrons. The minimum Gasteiger partial charge on any atom is -0.478 e. The second-order valence-electron chi connectivity index (χ2n) is 3.49. The van der Waals surface area contributed by atoms with Crippen molar-refractivity contribution in [3.8, 4) is 0 Å². The first-order chi connectivity index (χ1) is 8.21. The molecule has 0 amide bonds. The van der Waals surface area contributed by atoms with Crippen molar-refractivity contribution in [2.45, 2.75) is 11.8 Å². The van der Waals surface area contributed by atoms with Gasteiger partial charge in [0.25, 0.3) is 0 Å². The Kier molecular flexibility index (Phi) is 4.61. The maximum Gasteiger partial charge on any atom is 0.337 e. The maximum atomic E-state index is 12.1. The van der Waals surface area contributed by atoms with Gasteiger partial charge in [-0.2, -0.15) is 0 Å². The predicted molar refractivity (Wildman–Crippen MR) is 68.9 cm³/mol. The Hall–Kier alpha value is -0.820. The first-order valence-corrected chi connectivity index (χ1v) is 7.10. The van der Waals surface area contributed by atoms with Gasteiger partial charge in [0.2, 0.25) is 10.0 Å². The van der Waals surface area contributed by atoms with Gasteiger partial charge in [-0.3, -0.25) is 0 Å². The zero-order valence-electron chi connectivity index (χ0n) is 9.65. The molecule has 0 atom stereocenters. The molecule has 8 heteroatoms. The predicted octanol–water partition coefficient (Wildman–Crippen LogP) is 2.33. The third-order valence-corrected chi connectivity index (χ3v) is 5.10. The molecule has 1 N–H and O–H groups in total. The van der Waals surface area contributed by atoms with E-state index in [0.29, 0.717) is 0 Å². The van der Waals surface area contributed by atoms with Crippen LogP contribution in [-0.4, -0.2) is 37.4 Å². The first kappa shape index (κ1) is 15.2. The van der Waals surface area contributed by atoms with Crippen LogP contribution in [-0.2, 0) is 10.0 Å². The number of nitrogens with zero attached hydrogens (tertiary/aromatic N) is 1. The number of rotatable bonds is 4. The molecular formula is C10H11Cl2NO4S. The lowest BCUT2D eigenvalue weighted by Crippen LogP contribution is -2.27. The molecule has 0 heterocycles. The van der Waals surface area contributed by atoms with Crippen LogP contribution in [0.4, 0.5) is 0 Å². The molecule has 1 rings (SSSR count). The van der Waals surface area contributed by atoms with Crippen molar-refractivity contribution in [2.75, 3.05) is 13.6 Å². The fraction of sp³-hybridized carbons (Fsp3) is 0.300. The van der Waals surface area contributed by atoms with E-state index in [9.17, 15) is 13.2 Å². The van der Waals surface area contributed by atoms with Crippen molar-refractivity contribution in [2.24, 2.45) is 0 Å². The van der Waals surface area contributed by atoms with E-state index in [2.05, 4.69) is 0 Å². The van der Waals surface area contributed by atoms with E-state index in [1.165, 1.54) is 7.05 Å². The number of benzene rings is 1. The summed E-state index contributed by atoms with van der Waals surface area (Å²) in [5, 5.41) is 8.69. The van der Waals surface area contributed by atoms with Crippen LogP contribution in [0, 0.1) is 0 Å². The smallest absolute Gasteiger partial charge is 0.337 e. The molecule has 1 aromatic carbocycles. The molecule has 0 unspecified atom stereocenters. The van der Waals surface area contributed by atoms with E-state index in [1.807, 2.05) is 0 Å². The maximum absolute atomic E-state index is 12.1. The summed E-state index contributed by atoms with van der Waals surface area (Å²) in [7, 11) is -2.44. The van der Waals surface area contributed by atoms with Gasteiger partial charge in [0.05, 0.1) is 15.6 Å². The van der Waals surface area contributed by atoms with Gasteiger partial charge in [-0.25, -0.2) is 17.5 Å². The van der Waals surface area contributed by atoms with Crippen molar-refractivity contribution in [1.82, 2.24) is 4.31 Å². The zero-order chi connectivity index (χ0) is 14.1. The second kappa shape index (κ2) is 5.44. The highest BCUT2D eigenvalue weighted by Crippen LogP contribution is 2.30. The zero-order valence-corrected chi connectivity index (χ0v) is 12.0. The molecule has 0 bridgehead atoms. The fourth-order valence-electron chi connectivity index (χ4n) is 1.23. The molecule has 100 valence electrons. The molecule has 0 aliphatic heterocycles. The standard InChI is InChI=1S/C10H11Cl2NO4S/c1-3-13(2)18(16,17)9-4-6(10(14)15)7(11)5-8(9)12/h4-5H,3H2,1-2H3,(H,14,15). The molecule has 0 aliphatic rings. The van der Waals surface area contributed by atoms with Gasteiger partial charge < -0.3 is 5.11 Å². The van der Waals surface area contributed by atoms with Crippen LogP contribution < -0.4 is 0 Å². The largest absolute Gasteiger partial charge is 0.478 e. The Labute approximate surface area is 115 Å². The van der Waals surface area contributed by atoms with Crippen molar-refractivity contribution in [3.05, 3.63) is 27.7 Å². The number of carboxylic acids is 1. The number of hydrogen-bond donors (Lipinski definition) is 1. The van der Waals surface area contributed by atoms with E-state index in [4.69, 9.17) is 28.3 Å². The summed E-state index contributed by atoms with van der Waals surface area (Å²) in [5.41, 5.74) is -0.302. The lowest BCUT2D eigenvalue weighted by atomic mass is 10.2. The topological polar surface area (TPSA) is 74.7 Å². The molecule has 0 spiro atoms. The molecule has 0 saturated carbocycles. The minimum atomic E-state index is -3.81. The Bertz CT molecular complexity index is 586. The Balaban J connectivity index is 3.52. The van der Waals surface area contributed by atoms with E-state index in [1.54, 1.807) is 6.92 Å². The van der Waals surface area contributed by atoms with Crippen molar-refractivity contribution in [1.29, 1.82) is 0 Å². The summed E-state index contributed by atoms with van der Waals surface area (Å²) in [6.45, 7) is 1.89. The SMILES string of the molecule is CCN(C)S(=O)(=O)c1cc(C(=O)O)c(Cl)cc1Cl. The normalized spacial score (nSPS) is 11.8. The monoisotopic (exact) mass is 311 g/mol. The molecule has 0 fully saturated rings. The number of carbonyl (C=O) groups is 1. The molecule has 1 aromatic rings. The third-order valence-electron chi connectivity index (χ3n) is 2.39. The Morgan fingerprint density at radius 1 is 1.33 bits per heavy atom. The molecular weight excluding hydrogens is 301 g/mol. The van der Waals surface area contributed by atoms with Crippen molar-refractivity contribution < 1.29 is 18.3 Å². The second-order valence-corrected chi connectivity index (χ2v) is 6.31. The first-order valence-electron chi connectivity index (χ1n) is 4.90. The number of carboxylic acid groups (broad SMARTS) is 1. The van der Waals surface area contributed by atoms with Crippen LogP contribution in [0.25, 0.3) is 0 Å². The van der Waals surface area contributed by atoms with Gasteiger partial charge in [-0.05, 0) is 12.1 Å². The highest BCUT2D eigenvalue weighted by atomic mass is 35.5. The van der Waals surface area contributed by atoms with E-state index >= 15 is 0 Å². The van der Waals surface area contributed by atoms with Crippen molar-refractivity contribution in [3.63, 3.8) is 0 Å². The molecule has 0 aromatic heterocycles. The Morgan fingerprint density at radius 3 is 2.33 bits per heavy atom. The highest BCUT2D eigenvalue weighted by Gasteiger charge is 2.25. The van der Waals surface area contributed by atoms with Gasteiger partial charge in [0, 0.05) is 13.6 Å². The lowest BCUT2D eigenvalue weighted by molar-refractivity contribution is 0.0697. The highest BCUT2D eigenvalue weighted by molar-refractivity contribution is 7.89.